The van der Waals surface area contributed by atoms with Gasteiger partial charge in [-0.1, -0.05) is 23.9 Å². The van der Waals surface area contributed by atoms with Crippen LogP contribution < -0.4 is 5.32 Å². The summed E-state index contributed by atoms with van der Waals surface area (Å²) in [5, 5.41) is 3.37. The molecule has 148 valence electrons. The number of alkyl halides is 3. The number of carbonyl (C=O) groups excluding carboxylic acids is 1. The molecule has 0 aliphatic carbocycles. The minimum absolute atomic E-state index is 0.0516. The summed E-state index contributed by atoms with van der Waals surface area (Å²) < 4.78 is 42.2. The first-order valence-electron chi connectivity index (χ1n) is 8.41. The van der Waals surface area contributed by atoms with Crippen molar-refractivity contribution in [2.24, 2.45) is 0 Å². The van der Waals surface area contributed by atoms with Gasteiger partial charge in [0.2, 0.25) is 5.91 Å². The third-order valence-electron chi connectivity index (χ3n) is 3.62. The molecule has 1 aromatic heterocycles. The van der Waals surface area contributed by atoms with Gasteiger partial charge in [-0.2, -0.15) is 13.2 Å². The van der Waals surface area contributed by atoms with Crippen molar-refractivity contribution in [1.29, 1.82) is 0 Å². The van der Waals surface area contributed by atoms with Crippen molar-refractivity contribution in [3.8, 4) is 5.69 Å². The molecule has 0 unspecified atom stereocenters. The first-order valence-corrected chi connectivity index (χ1v) is 9.40. The predicted molar refractivity (Wildman–Crippen MR) is 98.3 cm³/mol. The van der Waals surface area contributed by atoms with Crippen LogP contribution in [0.1, 0.15) is 17.5 Å². The predicted octanol–water partition coefficient (Wildman–Crippen LogP) is 3.67. The zero-order valence-electron chi connectivity index (χ0n) is 15.2. The Bertz CT molecular complexity index is 763. The summed E-state index contributed by atoms with van der Waals surface area (Å²) in [7, 11) is 0. The molecule has 1 N–H and O–H groups in total. The minimum Gasteiger partial charge on any atom is -0.372 e. The first-order chi connectivity index (χ1) is 12.8. The van der Waals surface area contributed by atoms with E-state index in [1.807, 2.05) is 36.7 Å². The number of halogens is 3. The fraction of sp³-hybridized carbons (Fsp3) is 0.444. The summed E-state index contributed by atoms with van der Waals surface area (Å²) in [6.45, 7) is 2.97. The summed E-state index contributed by atoms with van der Waals surface area (Å²) in [6.07, 6.45) is -0.471. The standard InChI is InChI=1S/C18H22F3N3O2S/c1-13-4-5-14(2)15(10-13)24-8-7-23-17(24)27-11-16(25)22-6-3-9-26-12-18(19,20)21/h4-5,7-8,10H,3,6,9,11-12H2,1-2H3,(H,22,25). The van der Waals surface area contributed by atoms with Crippen LogP contribution in [0.15, 0.2) is 35.7 Å². The fourth-order valence-corrected chi connectivity index (χ4v) is 3.13. The summed E-state index contributed by atoms with van der Waals surface area (Å²) >= 11 is 1.30. The van der Waals surface area contributed by atoms with E-state index in [0.717, 1.165) is 16.8 Å². The van der Waals surface area contributed by atoms with E-state index in [4.69, 9.17) is 0 Å². The molecule has 2 rings (SSSR count). The molecule has 2 aromatic rings. The number of ether oxygens (including phenoxy) is 1. The molecule has 0 saturated carbocycles. The topological polar surface area (TPSA) is 56.2 Å². The maximum atomic E-state index is 11.9. The Kier molecular flexibility index (Phi) is 7.73. The van der Waals surface area contributed by atoms with Crippen molar-refractivity contribution in [3.05, 3.63) is 41.7 Å². The Balaban J connectivity index is 1.77. The highest BCUT2D eigenvalue weighted by molar-refractivity contribution is 7.99. The molecule has 5 nitrogen and oxygen atoms in total. The number of hydrogen-bond acceptors (Lipinski definition) is 4. The minimum atomic E-state index is -4.32. The lowest BCUT2D eigenvalue weighted by Crippen LogP contribution is -2.27. The summed E-state index contributed by atoms with van der Waals surface area (Å²) in [5.41, 5.74) is 3.24. The molecule has 0 aliphatic heterocycles. The van der Waals surface area contributed by atoms with E-state index >= 15 is 0 Å². The lowest BCUT2D eigenvalue weighted by atomic mass is 10.1. The van der Waals surface area contributed by atoms with Crippen LogP contribution in [0.4, 0.5) is 13.2 Å². The van der Waals surface area contributed by atoms with Crippen LogP contribution in [-0.4, -0.2) is 47.1 Å². The molecule has 1 heterocycles. The molecular weight excluding hydrogens is 379 g/mol. The number of benzene rings is 1. The van der Waals surface area contributed by atoms with Gasteiger partial charge in [0.15, 0.2) is 5.16 Å². The van der Waals surface area contributed by atoms with Gasteiger partial charge in [0.05, 0.1) is 11.4 Å². The molecule has 0 fully saturated rings. The largest absolute Gasteiger partial charge is 0.411 e. The first kappa shape index (κ1) is 21.3. The van der Waals surface area contributed by atoms with Crippen molar-refractivity contribution < 1.29 is 22.7 Å². The van der Waals surface area contributed by atoms with E-state index in [2.05, 4.69) is 21.1 Å². The molecule has 0 saturated heterocycles. The number of amides is 1. The second-order valence-corrected chi connectivity index (χ2v) is 6.97. The third kappa shape index (κ3) is 7.26. The number of carbonyl (C=O) groups is 1. The zero-order valence-corrected chi connectivity index (χ0v) is 16.0. The smallest absolute Gasteiger partial charge is 0.372 e. The summed E-state index contributed by atoms with van der Waals surface area (Å²) in [5.74, 6) is -0.0306. The highest BCUT2D eigenvalue weighted by atomic mass is 32.2. The van der Waals surface area contributed by atoms with E-state index in [1.165, 1.54) is 11.8 Å². The monoisotopic (exact) mass is 401 g/mol. The van der Waals surface area contributed by atoms with Gasteiger partial charge >= 0.3 is 6.18 Å². The van der Waals surface area contributed by atoms with Gasteiger partial charge in [-0.05, 0) is 37.5 Å². The molecule has 27 heavy (non-hydrogen) atoms. The molecular formula is C18H22F3N3O2S. The van der Waals surface area contributed by atoms with E-state index in [9.17, 15) is 18.0 Å². The van der Waals surface area contributed by atoms with Crippen LogP contribution in [0.5, 0.6) is 0 Å². The summed E-state index contributed by atoms with van der Waals surface area (Å²) in [6, 6.07) is 6.13. The van der Waals surface area contributed by atoms with Gasteiger partial charge in [-0.3, -0.25) is 9.36 Å². The Labute approximate surface area is 160 Å². The number of hydrogen-bond donors (Lipinski definition) is 1. The highest BCUT2D eigenvalue weighted by Crippen LogP contribution is 2.23. The highest BCUT2D eigenvalue weighted by Gasteiger charge is 2.27. The lowest BCUT2D eigenvalue weighted by Gasteiger charge is -2.11. The Morgan fingerprint density at radius 1 is 1.33 bits per heavy atom. The average Bonchev–Trinajstić information content (AvgIpc) is 3.05. The second-order valence-electron chi connectivity index (χ2n) is 6.03. The average molecular weight is 401 g/mol. The maximum absolute atomic E-state index is 11.9. The van der Waals surface area contributed by atoms with Gasteiger partial charge < -0.3 is 10.1 Å². The molecule has 0 bridgehead atoms. The molecule has 9 heteroatoms. The van der Waals surface area contributed by atoms with Crippen molar-refractivity contribution in [2.45, 2.75) is 31.6 Å². The number of aryl methyl sites for hydroxylation is 2. The Morgan fingerprint density at radius 2 is 2.11 bits per heavy atom. The van der Waals surface area contributed by atoms with Crippen molar-refractivity contribution in [2.75, 3.05) is 25.5 Å². The van der Waals surface area contributed by atoms with Crippen LogP contribution in [0.25, 0.3) is 5.69 Å². The number of imidazole rings is 1. The molecule has 1 amide bonds. The molecule has 0 atom stereocenters. The van der Waals surface area contributed by atoms with Crippen LogP contribution in [0.3, 0.4) is 0 Å². The van der Waals surface area contributed by atoms with E-state index in [-0.39, 0.29) is 24.8 Å². The second kappa shape index (κ2) is 9.80. The normalized spacial score (nSPS) is 11.6. The van der Waals surface area contributed by atoms with Gasteiger partial charge in [0.1, 0.15) is 6.61 Å². The number of nitrogens with zero attached hydrogens (tertiary/aromatic N) is 2. The SMILES string of the molecule is Cc1ccc(C)c(-n2ccnc2SCC(=O)NCCCOCC(F)(F)F)c1. The number of thioether (sulfide) groups is 1. The quantitative estimate of drug-likeness (QED) is 0.515. The number of rotatable bonds is 9. The summed E-state index contributed by atoms with van der Waals surface area (Å²) in [4.78, 5) is 16.2. The van der Waals surface area contributed by atoms with E-state index < -0.39 is 12.8 Å². The van der Waals surface area contributed by atoms with Crippen LogP contribution in [0, 0.1) is 13.8 Å². The van der Waals surface area contributed by atoms with Gasteiger partial charge in [0, 0.05) is 25.5 Å². The van der Waals surface area contributed by atoms with Crippen molar-refractivity contribution in [1.82, 2.24) is 14.9 Å². The molecule has 1 aromatic carbocycles. The van der Waals surface area contributed by atoms with E-state index in [1.54, 1.807) is 6.20 Å². The molecule has 0 aliphatic rings. The van der Waals surface area contributed by atoms with Crippen molar-refractivity contribution in [3.63, 3.8) is 0 Å². The number of nitrogens with one attached hydrogen (secondary N) is 1. The van der Waals surface area contributed by atoms with Crippen molar-refractivity contribution >= 4 is 17.7 Å². The maximum Gasteiger partial charge on any atom is 0.411 e. The van der Waals surface area contributed by atoms with Crippen LogP contribution in [-0.2, 0) is 9.53 Å². The van der Waals surface area contributed by atoms with Crippen LogP contribution in [0.2, 0.25) is 0 Å². The van der Waals surface area contributed by atoms with E-state index in [0.29, 0.717) is 11.6 Å². The Morgan fingerprint density at radius 3 is 2.85 bits per heavy atom. The fourth-order valence-electron chi connectivity index (χ4n) is 2.33. The van der Waals surface area contributed by atoms with Gasteiger partial charge in [0.25, 0.3) is 0 Å². The molecule has 0 radical (unpaired) electrons. The van der Waals surface area contributed by atoms with Gasteiger partial charge in [-0.25, -0.2) is 4.98 Å². The third-order valence-corrected chi connectivity index (χ3v) is 4.58. The van der Waals surface area contributed by atoms with Gasteiger partial charge in [-0.15, -0.1) is 0 Å². The zero-order chi connectivity index (χ0) is 19.9. The lowest BCUT2D eigenvalue weighted by molar-refractivity contribution is -0.174. The molecule has 0 spiro atoms. The number of aromatic nitrogens is 2. The Hall–Kier alpha value is -2.00. The van der Waals surface area contributed by atoms with Crippen LogP contribution >= 0.6 is 11.8 Å².